The molecule has 1 heterocycles. The van der Waals surface area contributed by atoms with Crippen molar-refractivity contribution in [2.45, 2.75) is 26.7 Å². The maximum atomic E-state index is 13.8. The first-order valence-corrected chi connectivity index (χ1v) is 8.00. The van der Waals surface area contributed by atoms with E-state index in [1.807, 2.05) is 37.3 Å². The number of halogens is 2. The lowest BCUT2D eigenvalue weighted by atomic mass is 10.1. The number of nitrogens with zero attached hydrogens (tertiary/aromatic N) is 1. The second kappa shape index (κ2) is 6.17. The molecule has 23 heavy (non-hydrogen) atoms. The number of aromatic nitrogens is 1. The van der Waals surface area contributed by atoms with Crippen LogP contribution in [0.5, 0.6) is 0 Å². The van der Waals surface area contributed by atoms with Gasteiger partial charge in [-0.1, -0.05) is 48.7 Å². The van der Waals surface area contributed by atoms with Gasteiger partial charge in [0.15, 0.2) is 0 Å². The molecule has 0 saturated heterocycles. The standard InChI is InChI=1S/C19H17ClFNO/c1-3-4-15-11-13-7-10-16(21)18(20)17(13)19(23)22(15)14-8-5-12(2)6-9-14/h5-11H,3-4H2,1-2H3. The van der Waals surface area contributed by atoms with Crippen LogP contribution in [0.3, 0.4) is 0 Å². The number of rotatable bonds is 3. The minimum Gasteiger partial charge on any atom is -0.281 e. The molecular weight excluding hydrogens is 313 g/mol. The van der Waals surface area contributed by atoms with E-state index in [1.165, 1.54) is 6.07 Å². The lowest BCUT2D eigenvalue weighted by Crippen LogP contribution is -2.22. The molecule has 0 radical (unpaired) electrons. The Morgan fingerprint density at radius 1 is 1.13 bits per heavy atom. The summed E-state index contributed by atoms with van der Waals surface area (Å²) < 4.78 is 15.4. The van der Waals surface area contributed by atoms with Gasteiger partial charge in [-0.15, -0.1) is 0 Å². The van der Waals surface area contributed by atoms with Crippen LogP contribution in [0.25, 0.3) is 16.5 Å². The van der Waals surface area contributed by atoms with Gasteiger partial charge in [-0.05, 0) is 43.0 Å². The van der Waals surface area contributed by atoms with E-state index in [0.717, 1.165) is 29.8 Å². The van der Waals surface area contributed by atoms with E-state index >= 15 is 0 Å². The third kappa shape index (κ3) is 2.77. The quantitative estimate of drug-likeness (QED) is 0.659. The lowest BCUT2D eigenvalue weighted by molar-refractivity contribution is 0.630. The number of hydrogen-bond acceptors (Lipinski definition) is 1. The molecule has 1 aromatic heterocycles. The monoisotopic (exact) mass is 329 g/mol. The van der Waals surface area contributed by atoms with E-state index in [1.54, 1.807) is 10.6 Å². The highest BCUT2D eigenvalue weighted by atomic mass is 35.5. The normalized spacial score (nSPS) is 11.1. The molecule has 118 valence electrons. The summed E-state index contributed by atoms with van der Waals surface area (Å²) in [5.74, 6) is -0.574. The van der Waals surface area contributed by atoms with Gasteiger partial charge < -0.3 is 0 Å². The van der Waals surface area contributed by atoms with Crippen LogP contribution in [0.4, 0.5) is 4.39 Å². The third-order valence-electron chi connectivity index (χ3n) is 3.95. The molecule has 4 heteroatoms. The van der Waals surface area contributed by atoms with Gasteiger partial charge in [0, 0.05) is 11.4 Å². The van der Waals surface area contributed by atoms with Gasteiger partial charge in [0.25, 0.3) is 5.56 Å². The van der Waals surface area contributed by atoms with Crippen molar-refractivity contribution in [3.8, 4) is 5.69 Å². The Labute approximate surface area is 139 Å². The Bertz CT molecular complexity index is 929. The predicted molar refractivity (Wildman–Crippen MR) is 93.2 cm³/mol. The Kier molecular flexibility index (Phi) is 4.22. The highest BCUT2D eigenvalue weighted by Crippen LogP contribution is 2.26. The molecule has 0 unspecified atom stereocenters. The third-order valence-corrected chi connectivity index (χ3v) is 4.32. The Hall–Kier alpha value is -2.13. The van der Waals surface area contributed by atoms with Gasteiger partial charge in [0.2, 0.25) is 0 Å². The predicted octanol–water partition coefficient (Wildman–Crippen LogP) is 5.04. The first-order chi connectivity index (χ1) is 11.0. The molecule has 2 aromatic carbocycles. The van der Waals surface area contributed by atoms with E-state index in [-0.39, 0.29) is 16.0 Å². The molecule has 0 N–H and O–H groups in total. The number of aryl methyl sites for hydroxylation is 2. The number of benzene rings is 2. The average Bonchev–Trinajstić information content (AvgIpc) is 2.53. The van der Waals surface area contributed by atoms with Crippen molar-refractivity contribution < 1.29 is 4.39 Å². The van der Waals surface area contributed by atoms with Crippen LogP contribution in [-0.2, 0) is 6.42 Å². The molecule has 0 aliphatic heterocycles. The number of fused-ring (bicyclic) bond motifs is 1. The Balaban J connectivity index is 2.40. The summed E-state index contributed by atoms with van der Waals surface area (Å²) in [5, 5.41) is 0.789. The average molecular weight is 330 g/mol. The van der Waals surface area contributed by atoms with E-state index in [2.05, 4.69) is 6.92 Å². The molecule has 0 amide bonds. The molecule has 0 spiro atoms. The van der Waals surface area contributed by atoms with Crippen LogP contribution in [-0.4, -0.2) is 4.57 Å². The number of hydrogen-bond donors (Lipinski definition) is 0. The molecule has 0 fully saturated rings. The lowest BCUT2D eigenvalue weighted by Gasteiger charge is -2.15. The highest BCUT2D eigenvalue weighted by molar-refractivity contribution is 6.35. The Morgan fingerprint density at radius 3 is 2.48 bits per heavy atom. The van der Waals surface area contributed by atoms with Crippen molar-refractivity contribution in [2.24, 2.45) is 0 Å². The van der Waals surface area contributed by atoms with E-state index < -0.39 is 5.82 Å². The zero-order valence-corrected chi connectivity index (χ0v) is 13.8. The summed E-state index contributed by atoms with van der Waals surface area (Å²) in [6, 6.07) is 12.5. The second-order valence-corrected chi connectivity index (χ2v) is 6.07. The molecule has 0 bridgehead atoms. The molecule has 0 saturated carbocycles. The second-order valence-electron chi connectivity index (χ2n) is 5.69. The topological polar surface area (TPSA) is 22.0 Å². The summed E-state index contributed by atoms with van der Waals surface area (Å²) >= 11 is 6.06. The van der Waals surface area contributed by atoms with Gasteiger partial charge >= 0.3 is 0 Å². The SMILES string of the molecule is CCCc1cc2ccc(F)c(Cl)c2c(=O)n1-c1ccc(C)cc1. The van der Waals surface area contributed by atoms with Crippen molar-refractivity contribution in [2.75, 3.05) is 0 Å². The maximum absolute atomic E-state index is 13.8. The van der Waals surface area contributed by atoms with Crippen molar-refractivity contribution >= 4 is 22.4 Å². The minimum atomic E-state index is -0.574. The fourth-order valence-corrected chi connectivity index (χ4v) is 3.06. The van der Waals surface area contributed by atoms with E-state index in [9.17, 15) is 9.18 Å². The fraction of sp³-hybridized carbons (Fsp3) is 0.211. The van der Waals surface area contributed by atoms with Crippen molar-refractivity contribution in [3.63, 3.8) is 0 Å². The van der Waals surface area contributed by atoms with Crippen molar-refractivity contribution in [3.05, 3.63) is 74.9 Å². The van der Waals surface area contributed by atoms with Crippen LogP contribution in [0, 0.1) is 12.7 Å². The zero-order chi connectivity index (χ0) is 16.6. The largest absolute Gasteiger partial charge is 0.281 e. The molecule has 3 aromatic rings. The van der Waals surface area contributed by atoms with Crippen LogP contribution >= 0.6 is 11.6 Å². The fourth-order valence-electron chi connectivity index (χ4n) is 2.81. The van der Waals surface area contributed by atoms with Crippen molar-refractivity contribution in [1.82, 2.24) is 4.57 Å². The molecule has 0 aliphatic rings. The zero-order valence-electron chi connectivity index (χ0n) is 13.1. The van der Waals surface area contributed by atoms with Crippen molar-refractivity contribution in [1.29, 1.82) is 0 Å². The highest BCUT2D eigenvalue weighted by Gasteiger charge is 2.15. The van der Waals surface area contributed by atoms with Gasteiger partial charge in [-0.2, -0.15) is 0 Å². The summed E-state index contributed by atoms with van der Waals surface area (Å²) in [5.41, 5.74) is 2.51. The summed E-state index contributed by atoms with van der Waals surface area (Å²) in [6.45, 7) is 4.05. The smallest absolute Gasteiger partial charge is 0.264 e. The molecular formula is C19H17ClFNO. The molecule has 0 aliphatic carbocycles. The van der Waals surface area contributed by atoms with Crippen LogP contribution in [0.2, 0.25) is 5.02 Å². The van der Waals surface area contributed by atoms with Crippen LogP contribution in [0.15, 0.2) is 47.3 Å². The minimum absolute atomic E-state index is 0.114. The Morgan fingerprint density at radius 2 is 1.83 bits per heavy atom. The van der Waals surface area contributed by atoms with E-state index in [4.69, 9.17) is 11.6 Å². The van der Waals surface area contributed by atoms with Crippen LogP contribution < -0.4 is 5.56 Å². The molecule has 0 atom stereocenters. The summed E-state index contributed by atoms with van der Waals surface area (Å²) in [4.78, 5) is 13.0. The molecule has 2 nitrogen and oxygen atoms in total. The van der Waals surface area contributed by atoms with Crippen LogP contribution in [0.1, 0.15) is 24.6 Å². The van der Waals surface area contributed by atoms with E-state index in [0.29, 0.717) is 5.39 Å². The maximum Gasteiger partial charge on any atom is 0.264 e. The number of pyridine rings is 1. The van der Waals surface area contributed by atoms with Gasteiger partial charge in [0.05, 0.1) is 10.4 Å². The first kappa shape index (κ1) is 15.8. The van der Waals surface area contributed by atoms with Gasteiger partial charge in [0.1, 0.15) is 5.82 Å². The summed E-state index contributed by atoms with van der Waals surface area (Å²) in [7, 11) is 0. The first-order valence-electron chi connectivity index (χ1n) is 7.62. The van der Waals surface area contributed by atoms with Gasteiger partial charge in [-0.25, -0.2) is 4.39 Å². The summed E-state index contributed by atoms with van der Waals surface area (Å²) in [6.07, 6.45) is 1.67. The van der Waals surface area contributed by atoms with Gasteiger partial charge in [-0.3, -0.25) is 9.36 Å². The molecule has 3 rings (SSSR count).